The van der Waals surface area contributed by atoms with Gasteiger partial charge in [-0.3, -0.25) is 9.69 Å². The first-order valence-corrected chi connectivity index (χ1v) is 14.0. The van der Waals surface area contributed by atoms with Gasteiger partial charge in [-0.2, -0.15) is 8.78 Å². The number of carboxylic acid groups (broad SMARTS) is 1. The van der Waals surface area contributed by atoms with E-state index in [0.717, 1.165) is 30.4 Å². The third-order valence-electron chi connectivity index (χ3n) is 7.14. The molecule has 0 bridgehead atoms. The van der Waals surface area contributed by atoms with Crippen molar-refractivity contribution >= 4 is 40.8 Å². The second-order valence-corrected chi connectivity index (χ2v) is 10.7. The van der Waals surface area contributed by atoms with Crippen LogP contribution in [0.25, 0.3) is 5.57 Å². The summed E-state index contributed by atoms with van der Waals surface area (Å²) in [4.78, 5) is 38.1. The van der Waals surface area contributed by atoms with Crippen LogP contribution in [-0.4, -0.2) is 35.5 Å². The zero-order chi connectivity index (χ0) is 30.3. The summed E-state index contributed by atoms with van der Waals surface area (Å²) in [6, 6.07) is 20.5. The third-order valence-corrected chi connectivity index (χ3v) is 7.39. The van der Waals surface area contributed by atoms with Crippen molar-refractivity contribution in [2.75, 3.05) is 11.4 Å². The molecule has 0 heterocycles. The van der Waals surface area contributed by atoms with Crippen LogP contribution in [0.1, 0.15) is 65.7 Å². The number of carbonyl (C=O) groups excluding carboxylic acids is 2. The number of amides is 3. The molecule has 0 aromatic heterocycles. The molecule has 10 heteroatoms. The number of rotatable bonds is 10. The Morgan fingerprint density at radius 1 is 0.976 bits per heavy atom. The summed E-state index contributed by atoms with van der Waals surface area (Å²) in [7, 11) is 0. The van der Waals surface area contributed by atoms with Crippen molar-refractivity contribution in [1.29, 1.82) is 0 Å². The molecule has 0 fully saturated rings. The van der Waals surface area contributed by atoms with Gasteiger partial charge in [0.15, 0.2) is 0 Å². The highest BCUT2D eigenvalue weighted by molar-refractivity contribution is 6.30. The van der Waals surface area contributed by atoms with Crippen molar-refractivity contribution in [1.82, 2.24) is 10.6 Å². The molecule has 0 saturated heterocycles. The number of carboxylic acids is 1. The van der Waals surface area contributed by atoms with Gasteiger partial charge in [-0.1, -0.05) is 54.1 Å². The fourth-order valence-electron chi connectivity index (χ4n) is 4.65. The first-order chi connectivity index (χ1) is 20.0. The maximum absolute atomic E-state index is 13.6. The van der Waals surface area contributed by atoms with E-state index in [9.17, 15) is 23.2 Å². The minimum Gasteiger partial charge on any atom is -0.477 e. The second kappa shape index (κ2) is 13.6. The number of hydrogen-bond donors (Lipinski definition) is 3. The highest BCUT2D eigenvalue weighted by atomic mass is 35.5. The predicted molar refractivity (Wildman–Crippen MR) is 159 cm³/mol. The van der Waals surface area contributed by atoms with Crippen LogP contribution in [0.4, 0.5) is 19.3 Å². The number of urea groups is 1. The zero-order valence-corrected chi connectivity index (χ0v) is 23.8. The Kier molecular flexibility index (Phi) is 9.96. The number of carbonyl (C=O) groups is 3. The van der Waals surface area contributed by atoms with Gasteiger partial charge < -0.3 is 15.7 Å². The van der Waals surface area contributed by atoms with E-state index in [1.165, 1.54) is 24.1 Å². The summed E-state index contributed by atoms with van der Waals surface area (Å²) in [5.41, 5.74) is 4.75. The van der Waals surface area contributed by atoms with Crippen molar-refractivity contribution in [3.8, 4) is 0 Å². The van der Waals surface area contributed by atoms with E-state index in [1.54, 1.807) is 29.2 Å². The number of alkyl halides is 2. The maximum atomic E-state index is 13.6. The normalized spacial score (nSPS) is 14.0. The number of allylic oxidation sites excluding steroid dienone is 2. The number of hydrogen-bond acceptors (Lipinski definition) is 3. The molecule has 3 amide bonds. The molecule has 3 aromatic carbocycles. The number of benzene rings is 3. The molecule has 7 nitrogen and oxygen atoms in total. The molecule has 4 rings (SSSR count). The summed E-state index contributed by atoms with van der Waals surface area (Å²) < 4.78 is 26.7. The van der Waals surface area contributed by atoms with Crippen LogP contribution in [-0.2, 0) is 11.3 Å². The molecule has 1 aliphatic carbocycles. The van der Waals surface area contributed by atoms with Crippen molar-refractivity contribution in [2.45, 2.75) is 51.1 Å². The van der Waals surface area contributed by atoms with Crippen LogP contribution >= 0.6 is 11.6 Å². The van der Waals surface area contributed by atoms with Crippen molar-refractivity contribution in [2.24, 2.45) is 0 Å². The van der Waals surface area contributed by atoms with Crippen molar-refractivity contribution in [3.63, 3.8) is 0 Å². The van der Waals surface area contributed by atoms with E-state index in [4.69, 9.17) is 16.7 Å². The summed E-state index contributed by atoms with van der Waals surface area (Å²) in [6.07, 6.45) is 6.69. The fraction of sp³-hybridized carbons (Fsp3) is 0.281. The standard InChI is InChI=1S/C32H32ClF2N3O4/c1-21(23-11-15-27(33)16-12-23)37-31(42)38(28-17-13-25(14-18-28)24-5-3-2-4-6-24)19-22-7-9-26(10-8-22)29(39)36-20-32(34,35)30(40)41/h5,7-18,21H,2-4,6,19-20H2,1H3,(H,36,39)(H,37,42)(H,40,41). The monoisotopic (exact) mass is 595 g/mol. The number of halogens is 3. The molecule has 220 valence electrons. The summed E-state index contributed by atoms with van der Waals surface area (Å²) in [5.74, 6) is -7.22. The van der Waals surface area contributed by atoms with Gasteiger partial charge in [-0.15, -0.1) is 0 Å². The van der Waals surface area contributed by atoms with Crippen LogP contribution < -0.4 is 15.5 Å². The molecule has 3 aromatic rings. The number of nitrogens with zero attached hydrogens (tertiary/aromatic N) is 1. The first-order valence-electron chi connectivity index (χ1n) is 13.6. The van der Waals surface area contributed by atoms with Crippen LogP contribution in [0.2, 0.25) is 5.02 Å². The SMILES string of the molecule is CC(NC(=O)N(Cc1ccc(C(=O)NCC(F)(F)C(=O)O)cc1)c1ccc(C2=CCCCC2)cc1)c1ccc(Cl)cc1. The Bertz CT molecular complexity index is 1440. The molecule has 1 unspecified atom stereocenters. The lowest BCUT2D eigenvalue weighted by Gasteiger charge is -2.26. The van der Waals surface area contributed by atoms with Gasteiger partial charge in [0.2, 0.25) is 0 Å². The smallest absolute Gasteiger partial charge is 0.376 e. The van der Waals surface area contributed by atoms with Crippen molar-refractivity contribution < 1.29 is 28.3 Å². The highest BCUT2D eigenvalue weighted by Crippen LogP contribution is 2.29. The molecule has 0 spiro atoms. The minimum atomic E-state index is -4.07. The van der Waals surface area contributed by atoms with E-state index in [2.05, 4.69) is 11.4 Å². The molecular weight excluding hydrogens is 564 g/mol. The molecular formula is C32H32ClF2N3O4. The summed E-state index contributed by atoms with van der Waals surface area (Å²) in [6.45, 7) is 0.717. The van der Waals surface area contributed by atoms with Crippen LogP contribution in [0.5, 0.6) is 0 Å². The lowest BCUT2D eigenvalue weighted by molar-refractivity contribution is -0.163. The third kappa shape index (κ3) is 7.94. The van der Waals surface area contributed by atoms with Crippen LogP contribution in [0, 0.1) is 0 Å². The zero-order valence-electron chi connectivity index (χ0n) is 23.1. The maximum Gasteiger partial charge on any atom is 0.376 e. The van der Waals surface area contributed by atoms with E-state index >= 15 is 0 Å². The van der Waals surface area contributed by atoms with Gasteiger partial charge in [-0.05, 0) is 91.3 Å². The predicted octanol–water partition coefficient (Wildman–Crippen LogP) is 7.22. The van der Waals surface area contributed by atoms with Gasteiger partial charge in [0.25, 0.3) is 5.91 Å². The summed E-state index contributed by atoms with van der Waals surface area (Å²) >= 11 is 6.01. The molecule has 3 N–H and O–H groups in total. The topological polar surface area (TPSA) is 98.7 Å². The average Bonchev–Trinajstić information content (AvgIpc) is 2.99. The Morgan fingerprint density at radius 2 is 1.64 bits per heavy atom. The Labute approximate surface area is 248 Å². The Hall–Kier alpha value is -4.24. The van der Waals surface area contributed by atoms with Gasteiger partial charge in [0.1, 0.15) is 0 Å². The molecule has 0 saturated carbocycles. The van der Waals surface area contributed by atoms with Crippen LogP contribution in [0.15, 0.2) is 78.9 Å². The number of nitrogens with one attached hydrogen (secondary N) is 2. The number of anilines is 1. The van der Waals surface area contributed by atoms with Crippen LogP contribution in [0.3, 0.4) is 0 Å². The quantitative estimate of drug-likeness (QED) is 0.230. The average molecular weight is 596 g/mol. The largest absolute Gasteiger partial charge is 0.477 e. The second-order valence-electron chi connectivity index (χ2n) is 10.2. The number of aliphatic carboxylic acids is 1. The van der Waals surface area contributed by atoms with E-state index in [-0.39, 0.29) is 24.2 Å². The molecule has 42 heavy (non-hydrogen) atoms. The van der Waals surface area contributed by atoms with E-state index in [0.29, 0.717) is 16.3 Å². The lowest BCUT2D eigenvalue weighted by atomic mass is 9.93. The first kappa shape index (κ1) is 30.7. The lowest BCUT2D eigenvalue weighted by Crippen LogP contribution is -2.42. The molecule has 0 radical (unpaired) electrons. The van der Waals surface area contributed by atoms with Gasteiger partial charge in [0, 0.05) is 16.3 Å². The van der Waals surface area contributed by atoms with E-state index < -0.39 is 24.3 Å². The Morgan fingerprint density at radius 3 is 2.24 bits per heavy atom. The van der Waals surface area contributed by atoms with Gasteiger partial charge in [-0.25, -0.2) is 9.59 Å². The highest BCUT2D eigenvalue weighted by Gasteiger charge is 2.39. The molecule has 0 aliphatic heterocycles. The van der Waals surface area contributed by atoms with E-state index in [1.807, 2.05) is 48.6 Å². The fourth-order valence-corrected chi connectivity index (χ4v) is 4.77. The Balaban J connectivity index is 1.52. The van der Waals surface area contributed by atoms with Gasteiger partial charge >= 0.3 is 17.9 Å². The molecule has 1 atom stereocenters. The summed E-state index contributed by atoms with van der Waals surface area (Å²) in [5, 5.41) is 14.1. The minimum absolute atomic E-state index is 0.0809. The van der Waals surface area contributed by atoms with Crippen molar-refractivity contribution in [3.05, 3.63) is 106 Å². The molecule has 1 aliphatic rings. The van der Waals surface area contributed by atoms with Gasteiger partial charge in [0.05, 0.1) is 19.1 Å².